The lowest BCUT2D eigenvalue weighted by Gasteiger charge is -2.12. The predicted octanol–water partition coefficient (Wildman–Crippen LogP) is 4.06. The number of hydrogen-bond acceptors (Lipinski definition) is 5. The zero-order chi connectivity index (χ0) is 20.9. The Morgan fingerprint density at radius 2 is 2.00 bits per heavy atom. The smallest absolute Gasteiger partial charge is 0.131 e. The Bertz CT molecular complexity index is 1160. The van der Waals surface area contributed by atoms with Crippen LogP contribution in [0.3, 0.4) is 0 Å². The Labute approximate surface area is 174 Å². The molecule has 0 radical (unpaired) electrons. The van der Waals surface area contributed by atoms with E-state index in [4.69, 9.17) is 10.5 Å². The monoisotopic (exact) mass is 405 g/mol. The molecule has 0 aliphatic heterocycles. The number of nitrogens with zero attached hydrogens (tertiary/aromatic N) is 3. The van der Waals surface area contributed by atoms with Gasteiger partial charge in [-0.15, -0.1) is 0 Å². The fraction of sp³-hybridized carbons (Fsp3) is 0.217. The van der Waals surface area contributed by atoms with Gasteiger partial charge >= 0.3 is 0 Å². The standard InChI is InChI=1S/C23H24FN5O/c1-29-11-10-26-22(29)8-12-30-15-16-5-6-17(20(24)13-16)14-28-21-4-2-3-19-18(21)7-9-27-23(19)25/h2-7,9-11,13,28H,8,12,14-15H2,1H3,(H2,25,27). The van der Waals surface area contributed by atoms with Gasteiger partial charge in [-0.3, -0.25) is 0 Å². The maximum absolute atomic E-state index is 14.6. The third-order valence-corrected chi connectivity index (χ3v) is 5.08. The van der Waals surface area contributed by atoms with Crippen LogP contribution >= 0.6 is 0 Å². The molecule has 0 saturated carbocycles. The Morgan fingerprint density at radius 3 is 2.80 bits per heavy atom. The number of nitrogens with one attached hydrogen (secondary N) is 1. The highest BCUT2D eigenvalue weighted by molar-refractivity contribution is 5.99. The molecular weight excluding hydrogens is 381 g/mol. The first-order valence-electron chi connectivity index (χ1n) is 9.80. The maximum Gasteiger partial charge on any atom is 0.131 e. The number of nitrogens with two attached hydrogens (primary N) is 1. The minimum absolute atomic E-state index is 0.255. The number of anilines is 2. The van der Waals surface area contributed by atoms with Crippen molar-refractivity contribution < 1.29 is 9.13 Å². The number of pyridine rings is 1. The summed E-state index contributed by atoms with van der Waals surface area (Å²) in [5.74, 6) is 1.19. The average molecular weight is 405 g/mol. The van der Waals surface area contributed by atoms with Gasteiger partial charge in [-0.25, -0.2) is 14.4 Å². The van der Waals surface area contributed by atoms with E-state index in [1.165, 1.54) is 6.07 Å². The van der Waals surface area contributed by atoms with Crippen molar-refractivity contribution in [1.29, 1.82) is 0 Å². The first kappa shape index (κ1) is 19.8. The molecule has 0 bridgehead atoms. The number of hydrogen-bond donors (Lipinski definition) is 2. The second-order valence-electron chi connectivity index (χ2n) is 7.13. The van der Waals surface area contributed by atoms with Crippen molar-refractivity contribution in [2.24, 2.45) is 7.05 Å². The van der Waals surface area contributed by atoms with Gasteiger partial charge in [0.25, 0.3) is 0 Å². The molecule has 0 atom stereocenters. The number of ether oxygens (including phenoxy) is 1. The lowest BCUT2D eigenvalue weighted by Crippen LogP contribution is -2.06. The van der Waals surface area contributed by atoms with E-state index in [9.17, 15) is 4.39 Å². The SMILES string of the molecule is Cn1ccnc1CCOCc1ccc(CNc2cccc3c(N)nccc23)c(F)c1. The Morgan fingerprint density at radius 1 is 1.10 bits per heavy atom. The molecule has 4 aromatic rings. The van der Waals surface area contributed by atoms with Gasteiger partial charge in [0.15, 0.2) is 0 Å². The van der Waals surface area contributed by atoms with E-state index >= 15 is 0 Å². The van der Waals surface area contributed by atoms with Gasteiger partial charge in [-0.1, -0.05) is 24.3 Å². The quantitative estimate of drug-likeness (QED) is 0.432. The number of halogens is 1. The van der Waals surface area contributed by atoms with Crippen LogP contribution in [0.2, 0.25) is 0 Å². The van der Waals surface area contributed by atoms with Crippen molar-refractivity contribution in [1.82, 2.24) is 14.5 Å². The molecule has 0 aliphatic rings. The van der Waals surface area contributed by atoms with Gasteiger partial charge in [-0.2, -0.15) is 0 Å². The van der Waals surface area contributed by atoms with E-state index in [1.54, 1.807) is 18.5 Å². The van der Waals surface area contributed by atoms with Crippen molar-refractivity contribution >= 4 is 22.3 Å². The van der Waals surface area contributed by atoms with Crippen LogP contribution in [-0.2, 0) is 31.4 Å². The summed E-state index contributed by atoms with van der Waals surface area (Å²) in [6.45, 7) is 1.27. The van der Waals surface area contributed by atoms with Gasteiger partial charge < -0.3 is 20.4 Å². The molecular formula is C23H24FN5O. The summed E-state index contributed by atoms with van der Waals surface area (Å²) in [5, 5.41) is 5.14. The zero-order valence-corrected chi connectivity index (χ0v) is 16.8. The summed E-state index contributed by atoms with van der Waals surface area (Å²) < 4.78 is 22.2. The third kappa shape index (κ3) is 4.41. The number of rotatable bonds is 8. The molecule has 2 heterocycles. The number of aryl methyl sites for hydroxylation is 1. The molecule has 2 aromatic carbocycles. The summed E-state index contributed by atoms with van der Waals surface area (Å²) in [4.78, 5) is 8.37. The molecule has 4 rings (SSSR count). The Kier molecular flexibility index (Phi) is 5.90. The van der Waals surface area contributed by atoms with Crippen molar-refractivity contribution in [3.05, 3.63) is 83.8 Å². The minimum Gasteiger partial charge on any atom is -0.383 e. The van der Waals surface area contributed by atoms with E-state index in [1.807, 2.05) is 48.1 Å². The molecule has 30 heavy (non-hydrogen) atoms. The van der Waals surface area contributed by atoms with Crippen LogP contribution in [0.15, 0.2) is 61.1 Å². The molecule has 3 N–H and O–H groups in total. The Balaban J connectivity index is 1.35. The number of aromatic nitrogens is 3. The molecule has 2 aromatic heterocycles. The normalized spacial score (nSPS) is 11.1. The average Bonchev–Trinajstić information content (AvgIpc) is 3.16. The molecule has 0 spiro atoms. The summed E-state index contributed by atoms with van der Waals surface area (Å²) in [6, 6.07) is 12.9. The first-order chi connectivity index (χ1) is 14.6. The van der Waals surface area contributed by atoms with Crippen molar-refractivity contribution in [2.75, 3.05) is 17.7 Å². The molecule has 7 heteroatoms. The number of nitrogen functional groups attached to an aromatic ring is 1. The van der Waals surface area contributed by atoms with E-state index in [2.05, 4.69) is 15.3 Å². The largest absolute Gasteiger partial charge is 0.383 e. The molecule has 0 amide bonds. The van der Waals surface area contributed by atoms with Gasteiger partial charge in [0.05, 0.1) is 13.2 Å². The lowest BCUT2D eigenvalue weighted by molar-refractivity contribution is 0.122. The van der Waals surface area contributed by atoms with Crippen LogP contribution < -0.4 is 11.1 Å². The van der Waals surface area contributed by atoms with Crippen molar-refractivity contribution in [2.45, 2.75) is 19.6 Å². The van der Waals surface area contributed by atoms with Gasteiger partial charge in [0.2, 0.25) is 0 Å². The van der Waals surface area contributed by atoms with Crippen molar-refractivity contribution in [3.8, 4) is 0 Å². The van der Waals surface area contributed by atoms with Crippen LogP contribution in [0.1, 0.15) is 17.0 Å². The van der Waals surface area contributed by atoms with Crippen LogP contribution in [-0.4, -0.2) is 21.1 Å². The van der Waals surface area contributed by atoms with Gasteiger partial charge in [-0.05, 0) is 23.8 Å². The van der Waals surface area contributed by atoms with Crippen LogP contribution in [0.25, 0.3) is 10.8 Å². The fourth-order valence-corrected chi connectivity index (χ4v) is 3.39. The highest BCUT2D eigenvalue weighted by Crippen LogP contribution is 2.26. The molecule has 154 valence electrons. The van der Waals surface area contributed by atoms with Gasteiger partial charge in [0.1, 0.15) is 17.5 Å². The lowest BCUT2D eigenvalue weighted by atomic mass is 10.1. The summed E-state index contributed by atoms with van der Waals surface area (Å²) in [5.41, 5.74) is 8.23. The Hall–Kier alpha value is -3.45. The molecule has 0 aliphatic carbocycles. The van der Waals surface area contributed by atoms with Crippen LogP contribution in [0, 0.1) is 5.82 Å². The molecule has 6 nitrogen and oxygen atoms in total. The van der Waals surface area contributed by atoms with E-state index in [0.29, 0.717) is 31.1 Å². The van der Waals surface area contributed by atoms with Gasteiger partial charge in [0, 0.05) is 60.6 Å². The second kappa shape index (κ2) is 8.92. The van der Waals surface area contributed by atoms with Crippen LogP contribution in [0.5, 0.6) is 0 Å². The van der Waals surface area contributed by atoms with E-state index in [0.717, 1.165) is 34.3 Å². The highest BCUT2D eigenvalue weighted by atomic mass is 19.1. The van der Waals surface area contributed by atoms with E-state index in [-0.39, 0.29) is 5.82 Å². The molecule has 0 saturated heterocycles. The minimum atomic E-state index is -0.255. The van der Waals surface area contributed by atoms with Crippen molar-refractivity contribution in [3.63, 3.8) is 0 Å². The zero-order valence-electron chi connectivity index (χ0n) is 16.8. The third-order valence-electron chi connectivity index (χ3n) is 5.08. The molecule has 0 unspecified atom stereocenters. The van der Waals surface area contributed by atoms with E-state index < -0.39 is 0 Å². The summed E-state index contributed by atoms with van der Waals surface area (Å²) >= 11 is 0. The number of fused-ring (bicyclic) bond motifs is 1. The highest BCUT2D eigenvalue weighted by Gasteiger charge is 2.07. The summed E-state index contributed by atoms with van der Waals surface area (Å²) in [7, 11) is 1.95. The topological polar surface area (TPSA) is 78.0 Å². The summed E-state index contributed by atoms with van der Waals surface area (Å²) in [6.07, 6.45) is 6.06. The number of benzene rings is 2. The molecule has 0 fully saturated rings. The fourth-order valence-electron chi connectivity index (χ4n) is 3.39. The van der Waals surface area contributed by atoms with Crippen LogP contribution in [0.4, 0.5) is 15.9 Å². The first-order valence-corrected chi connectivity index (χ1v) is 9.80. The maximum atomic E-state index is 14.6. The predicted molar refractivity (Wildman–Crippen MR) is 116 cm³/mol. The number of imidazole rings is 1. The second-order valence-corrected chi connectivity index (χ2v) is 7.13.